The van der Waals surface area contributed by atoms with Crippen molar-refractivity contribution in [3.63, 3.8) is 0 Å². The van der Waals surface area contributed by atoms with Gasteiger partial charge in [-0.05, 0) is 81.0 Å². The number of likely N-dealkylation sites (tertiary alicyclic amines) is 1. The predicted octanol–water partition coefficient (Wildman–Crippen LogP) is 6.14. The molecule has 5 nitrogen and oxygen atoms in total. The summed E-state index contributed by atoms with van der Waals surface area (Å²) in [6.07, 6.45) is 6.05. The Bertz CT molecular complexity index is 942. The molecule has 0 bridgehead atoms. The highest BCUT2D eigenvalue weighted by molar-refractivity contribution is 5.97. The minimum atomic E-state index is -0.522. The lowest BCUT2D eigenvalue weighted by molar-refractivity contribution is -0.124. The number of hydrogen-bond acceptors (Lipinski definition) is 3. The second-order valence-corrected chi connectivity index (χ2v) is 9.84. The Morgan fingerprint density at radius 2 is 1.64 bits per heavy atom. The molecular formula is C28H38N2O3. The molecule has 33 heavy (non-hydrogen) atoms. The number of amides is 2. The number of aryl methyl sites for hydroxylation is 2. The molecule has 2 aromatic carbocycles. The van der Waals surface area contributed by atoms with Crippen molar-refractivity contribution in [2.45, 2.75) is 66.2 Å². The van der Waals surface area contributed by atoms with Crippen molar-refractivity contribution >= 4 is 17.5 Å². The lowest BCUT2D eigenvalue weighted by Crippen LogP contribution is -2.32. The van der Waals surface area contributed by atoms with E-state index in [2.05, 4.69) is 30.4 Å². The van der Waals surface area contributed by atoms with Crippen LogP contribution in [0.3, 0.4) is 0 Å². The van der Waals surface area contributed by atoms with Crippen molar-refractivity contribution < 1.29 is 14.3 Å². The van der Waals surface area contributed by atoms with E-state index in [4.69, 9.17) is 4.74 Å². The van der Waals surface area contributed by atoms with E-state index in [1.54, 1.807) is 0 Å². The maximum absolute atomic E-state index is 12.9. The summed E-state index contributed by atoms with van der Waals surface area (Å²) in [5, 5.41) is 3.01. The number of ether oxygens (including phenoxy) is 1. The lowest BCUT2D eigenvalue weighted by atomic mass is 9.87. The molecule has 1 aliphatic heterocycles. The molecule has 5 heteroatoms. The van der Waals surface area contributed by atoms with E-state index in [0.717, 1.165) is 50.1 Å². The van der Waals surface area contributed by atoms with Gasteiger partial charge < -0.3 is 15.0 Å². The number of nitrogens with one attached hydrogen (secondary N) is 1. The van der Waals surface area contributed by atoms with Gasteiger partial charge in [-0.25, -0.2) is 0 Å². The third-order valence-corrected chi connectivity index (χ3v) is 6.45. The predicted molar refractivity (Wildman–Crippen MR) is 134 cm³/mol. The molecule has 2 aromatic rings. The van der Waals surface area contributed by atoms with Crippen LogP contribution in [0.25, 0.3) is 0 Å². The van der Waals surface area contributed by atoms with Gasteiger partial charge in [-0.2, -0.15) is 0 Å². The third-order valence-electron chi connectivity index (χ3n) is 6.45. The van der Waals surface area contributed by atoms with Gasteiger partial charge in [0.25, 0.3) is 5.91 Å². The smallest absolute Gasteiger partial charge is 0.253 e. The fraction of sp³-hybridized carbons (Fsp3) is 0.500. The Morgan fingerprint density at radius 3 is 2.30 bits per heavy atom. The van der Waals surface area contributed by atoms with Crippen molar-refractivity contribution in [2.24, 2.45) is 5.41 Å². The summed E-state index contributed by atoms with van der Waals surface area (Å²) < 4.78 is 5.94. The van der Waals surface area contributed by atoms with Crippen LogP contribution in [0.5, 0.6) is 5.75 Å². The maximum Gasteiger partial charge on any atom is 0.253 e. The molecular weight excluding hydrogens is 412 g/mol. The Hall–Kier alpha value is -2.82. The minimum absolute atomic E-state index is 0.0270. The van der Waals surface area contributed by atoms with Crippen LogP contribution in [0, 0.1) is 19.3 Å². The van der Waals surface area contributed by atoms with E-state index in [0.29, 0.717) is 17.9 Å². The van der Waals surface area contributed by atoms with Gasteiger partial charge in [0.1, 0.15) is 5.75 Å². The molecule has 0 aliphatic carbocycles. The largest absolute Gasteiger partial charge is 0.493 e. The highest BCUT2D eigenvalue weighted by atomic mass is 16.5. The van der Waals surface area contributed by atoms with Gasteiger partial charge in [0, 0.05) is 29.8 Å². The molecule has 0 spiro atoms. The summed E-state index contributed by atoms with van der Waals surface area (Å²) in [7, 11) is 0. The summed E-state index contributed by atoms with van der Waals surface area (Å²) in [5.74, 6) is 0.965. The number of nitrogens with zero attached hydrogens (tertiary/aromatic N) is 1. The number of benzene rings is 2. The van der Waals surface area contributed by atoms with Crippen molar-refractivity contribution in [1.82, 2.24) is 4.90 Å². The minimum Gasteiger partial charge on any atom is -0.493 e. The normalized spacial score (nSPS) is 14.5. The molecule has 0 unspecified atom stereocenters. The third kappa shape index (κ3) is 7.08. The van der Waals surface area contributed by atoms with Crippen LogP contribution >= 0.6 is 0 Å². The molecule has 3 rings (SSSR count). The van der Waals surface area contributed by atoms with Crippen LogP contribution in [0.15, 0.2) is 42.5 Å². The Labute approximate surface area is 198 Å². The number of hydrogen-bond donors (Lipinski definition) is 1. The first-order valence-corrected chi connectivity index (χ1v) is 12.2. The van der Waals surface area contributed by atoms with Crippen LogP contribution in [0.1, 0.15) is 73.9 Å². The van der Waals surface area contributed by atoms with Crippen LogP contribution < -0.4 is 10.1 Å². The molecule has 1 heterocycles. The molecule has 0 atom stereocenters. The van der Waals surface area contributed by atoms with E-state index in [1.807, 2.05) is 49.9 Å². The van der Waals surface area contributed by atoms with Gasteiger partial charge in [-0.15, -0.1) is 0 Å². The fourth-order valence-electron chi connectivity index (χ4n) is 4.13. The van der Waals surface area contributed by atoms with E-state index < -0.39 is 5.41 Å². The number of carbonyl (C=O) groups is 2. The number of carbonyl (C=O) groups excluding carboxylic acids is 2. The van der Waals surface area contributed by atoms with E-state index in [-0.39, 0.29) is 11.8 Å². The van der Waals surface area contributed by atoms with Crippen molar-refractivity contribution in [2.75, 3.05) is 25.0 Å². The zero-order chi connectivity index (χ0) is 23.8. The Balaban J connectivity index is 1.48. The van der Waals surface area contributed by atoms with Crippen LogP contribution in [-0.4, -0.2) is 36.4 Å². The zero-order valence-electron chi connectivity index (χ0n) is 20.6. The van der Waals surface area contributed by atoms with Gasteiger partial charge >= 0.3 is 0 Å². The van der Waals surface area contributed by atoms with Crippen LogP contribution in [-0.2, 0) is 4.79 Å². The second-order valence-electron chi connectivity index (χ2n) is 9.84. The first kappa shape index (κ1) is 24.8. The van der Waals surface area contributed by atoms with E-state index in [1.165, 1.54) is 18.4 Å². The molecule has 0 radical (unpaired) electrons. The molecule has 2 amide bonds. The fourth-order valence-corrected chi connectivity index (χ4v) is 4.13. The summed E-state index contributed by atoms with van der Waals surface area (Å²) >= 11 is 0. The highest BCUT2D eigenvalue weighted by Gasteiger charge is 2.27. The van der Waals surface area contributed by atoms with Gasteiger partial charge in [0.2, 0.25) is 5.91 Å². The standard InChI is InChI=1S/C28H38N2O3/c1-21-10-11-22(2)25(20-21)33-19-9-16-28(3,4)27(32)29-24-14-12-23(13-15-24)26(31)30-17-7-5-6-8-18-30/h10-15,20H,5-9,16-19H2,1-4H3,(H,29,32). The molecule has 1 N–H and O–H groups in total. The molecule has 1 aliphatic rings. The molecule has 1 fully saturated rings. The van der Waals surface area contributed by atoms with Gasteiger partial charge in [0.15, 0.2) is 0 Å². The average Bonchev–Trinajstić information content (AvgIpc) is 3.08. The zero-order valence-corrected chi connectivity index (χ0v) is 20.6. The SMILES string of the molecule is Cc1ccc(C)c(OCCCC(C)(C)C(=O)Nc2ccc(C(=O)N3CCCCCC3)cc2)c1. The van der Waals surface area contributed by atoms with Crippen LogP contribution in [0.2, 0.25) is 0 Å². The van der Waals surface area contributed by atoms with Crippen LogP contribution in [0.4, 0.5) is 5.69 Å². The van der Waals surface area contributed by atoms with E-state index in [9.17, 15) is 9.59 Å². The maximum atomic E-state index is 12.9. The first-order chi connectivity index (χ1) is 15.8. The number of rotatable bonds is 8. The van der Waals surface area contributed by atoms with Gasteiger partial charge in [-0.1, -0.05) is 38.8 Å². The van der Waals surface area contributed by atoms with Gasteiger partial charge in [-0.3, -0.25) is 9.59 Å². The summed E-state index contributed by atoms with van der Waals surface area (Å²) in [6.45, 7) is 10.2. The van der Waals surface area contributed by atoms with Crippen molar-refractivity contribution in [3.05, 3.63) is 59.2 Å². The average molecular weight is 451 g/mol. The number of anilines is 1. The van der Waals surface area contributed by atoms with Crippen molar-refractivity contribution in [1.29, 1.82) is 0 Å². The summed E-state index contributed by atoms with van der Waals surface area (Å²) in [4.78, 5) is 27.6. The first-order valence-electron chi connectivity index (χ1n) is 12.2. The van der Waals surface area contributed by atoms with Crippen molar-refractivity contribution in [3.8, 4) is 5.75 Å². The molecule has 0 aromatic heterocycles. The molecule has 1 saturated heterocycles. The quantitative estimate of drug-likeness (QED) is 0.491. The monoisotopic (exact) mass is 450 g/mol. The highest BCUT2D eigenvalue weighted by Crippen LogP contribution is 2.26. The summed E-state index contributed by atoms with van der Waals surface area (Å²) in [5.41, 5.74) is 3.17. The molecule has 178 valence electrons. The topological polar surface area (TPSA) is 58.6 Å². The van der Waals surface area contributed by atoms with E-state index >= 15 is 0 Å². The van der Waals surface area contributed by atoms with Gasteiger partial charge in [0.05, 0.1) is 6.61 Å². The molecule has 0 saturated carbocycles. The second kappa shape index (κ2) is 11.4. The summed E-state index contributed by atoms with van der Waals surface area (Å²) in [6, 6.07) is 13.5. The lowest BCUT2D eigenvalue weighted by Gasteiger charge is -2.24. The Kier molecular flexibility index (Phi) is 8.54. The Morgan fingerprint density at radius 1 is 0.970 bits per heavy atom.